The lowest BCUT2D eigenvalue weighted by molar-refractivity contribution is 0.102. The Balaban J connectivity index is 1.70. The van der Waals surface area contributed by atoms with Gasteiger partial charge in [-0.2, -0.15) is 0 Å². The summed E-state index contributed by atoms with van der Waals surface area (Å²) in [5.41, 5.74) is 8.19. The van der Waals surface area contributed by atoms with Gasteiger partial charge in [0, 0.05) is 31.5 Å². The van der Waals surface area contributed by atoms with E-state index in [1.54, 1.807) is 29.3 Å². The van der Waals surface area contributed by atoms with Crippen LogP contribution in [0.4, 0.5) is 17.2 Å². The van der Waals surface area contributed by atoms with E-state index in [1.807, 2.05) is 56.6 Å². The van der Waals surface area contributed by atoms with Gasteiger partial charge in [-0.15, -0.1) is 0 Å². The fraction of sp³-hybridized carbons (Fsp3) is 0.321. The molecule has 2 aromatic carbocycles. The second-order valence-electron chi connectivity index (χ2n) is 8.81. The molecule has 0 fully saturated rings. The Labute approximate surface area is 218 Å². The number of carbonyl (C=O) groups is 1. The van der Waals surface area contributed by atoms with Crippen molar-refractivity contribution in [1.29, 1.82) is 5.41 Å². The average molecular weight is 504 g/mol. The number of nitrogens with zero attached hydrogens (tertiary/aromatic N) is 2. The smallest absolute Gasteiger partial charge is 0.259 e. The number of pyridine rings is 1. The van der Waals surface area contributed by atoms with Crippen molar-refractivity contribution in [3.63, 3.8) is 0 Å². The largest absolute Gasteiger partial charge is 0.478 e. The van der Waals surface area contributed by atoms with Crippen LogP contribution in [0.3, 0.4) is 0 Å². The second-order valence-corrected chi connectivity index (χ2v) is 8.81. The molecule has 1 aromatic heterocycles. The number of nitrogens with one attached hydrogen (secondary N) is 4. The summed E-state index contributed by atoms with van der Waals surface area (Å²) < 4.78 is 5.86. The molecule has 9 nitrogen and oxygen atoms in total. The molecular weight excluding hydrogens is 466 g/mol. The number of benzene rings is 2. The molecule has 0 spiro atoms. The predicted molar refractivity (Wildman–Crippen MR) is 150 cm³/mol. The molecule has 0 aliphatic heterocycles. The molecule has 3 rings (SSSR count). The third kappa shape index (κ3) is 8.89. The number of hydrogen-bond donors (Lipinski definition) is 5. The summed E-state index contributed by atoms with van der Waals surface area (Å²) in [6.45, 7) is 1.95. The number of hydrogen-bond acceptors (Lipinski definition) is 7. The van der Waals surface area contributed by atoms with Crippen LogP contribution >= 0.6 is 0 Å². The van der Waals surface area contributed by atoms with Crippen LogP contribution in [0.5, 0.6) is 5.75 Å². The Morgan fingerprint density at radius 1 is 1.03 bits per heavy atom. The number of aromatic nitrogens is 1. The molecule has 37 heavy (non-hydrogen) atoms. The first-order chi connectivity index (χ1) is 18.0. The van der Waals surface area contributed by atoms with E-state index >= 15 is 0 Å². The molecule has 9 heteroatoms. The summed E-state index contributed by atoms with van der Waals surface area (Å²) in [5, 5.41) is 17.6. The summed E-state index contributed by atoms with van der Waals surface area (Å²) in [6.07, 6.45) is 6.03. The average Bonchev–Trinajstić information content (AvgIpc) is 2.91. The zero-order valence-corrected chi connectivity index (χ0v) is 21.6. The van der Waals surface area contributed by atoms with E-state index in [4.69, 9.17) is 15.9 Å². The van der Waals surface area contributed by atoms with Crippen molar-refractivity contribution in [2.24, 2.45) is 5.73 Å². The van der Waals surface area contributed by atoms with E-state index in [0.717, 1.165) is 50.0 Å². The van der Waals surface area contributed by atoms with E-state index in [9.17, 15) is 4.79 Å². The van der Waals surface area contributed by atoms with Gasteiger partial charge in [-0.25, -0.2) is 4.98 Å². The van der Waals surface area contributed by atoms with Crippen LogP contribution in [0, 0.1) is 5.41 Å². The Morgan fingerprint density at radius 3 is 2.51 bits per heavy atom. The summed E-state index contributed by atoms with van der Waals surface area (Å²) in [5.74, 6) is 1.17. The molecule has 0 unspecified atom stereocenters. The molecule has 0 aliphatic carbocycles. The predicted octanol–water partition coefficient (Wildman–Crippen LogP) is 4.41. The fourth-order valence-corrected chi connectivity index (χ4v) is 3.61. The van der Waals surface area contributed by atoms with Gasteiger partial charge < -0.3 is 26.0 Å². The number of ether oxygens (including phenoxy) is 1. The number of anilines is 3. The maximum Gasteiger partial charge on any atom is 0.259 e. The van der Waals surface area contributed by atoms with Crippen LogP contribution in [-0.4, -0.2) is 55.5 Å². The Bertz CT molecular complexity index is 1140. The number of carbonyl (C=O) groups excluding carboxylic acids is 1. The van der Waals surface area contributed by atoms with Gasteiger partial charge in [0.15, 0.2) is 0 Å². The summed E-state index contributed by atoms with van der Waals surface area (Å²) >= 11 is 0. The minimum atomic E-state index is -0.300. The van der Waals surface area contributed by atoms with Crippen molar-refractivity contribution in [3.8, 4) is 5.75 Å². The standard InChI is InChI=1S/C28H37N7O2/c1-35(2)27(30)21-10-12-22(13-11-21)33-25-15-14-23(37-20-31-17-7-4-3-6-16-29)19-24(25)28(36)34-26-9-5-8-18-32-26/h5,8-15,18-19,30-31,33H,3-4,6-7,16-17,20,29H2,1-2H3,(H,32,34,36). The number of rotatable bonds is 14. The van der Waals surface area contributed by atoms with E-state index in [0.29, 0.717) is 35.4 Å². The minimum Gasteiger partial charge on any atom is -0.478 e. The lowest BCUT2D eigenvalue weighted by Gasteiger charge is -2.16. The first-order valence-electron chi connectivity index (χ1n) is 12.5. The Morgan fingerprint density at radius 2 is 1.81 bits per heavy atom. The van der Waals surface area contributed by atoms with Gasteiger partial charge in [0.2, 0.25) is 0 Å². The van der Waals surface area contributed by atoms with Gasteiger partial charge in [-0.05, 0) is 80.5 Å². The third-order valence-corrected chi connectivity index (χ3v) is 5.68. The molecule has 0 saturated heterocycles. The molecule has 6 N–H and O–H groups in total. The Hall–Kier alpha value is -3.95. The van der Waals surface area contributed by atoms with Gasteiger partial charge in [0.25, 0.3) is 5.91 Å². The SMILES string of the molecule is CN(C)C(=N)c1ccc(Nc2ccc(OCNCCCCCCN)cc2C(=O)Nc2ccccn2)cc1. The quantitative estimate of drug-likeness (QED) is 0.0954. The molecule has 1 heterocycles. The van der Waals surface area contributed by atoms with Crippen LogP contribution in [0.25, 0.3) is 0 Å². The van der Waals surface area contributed by atoms with Crippen molar-refractivity contribution < 1.29 is 9.53 Å². The summed E-state index contributed by atoms with van der Waals surface area (Å²) in [7, 11) is 3.67. The van der Waals surface area contributed by atoms with Crippen LogP contribution in [-0.2, 0) is 0 Å². The summed E-state index contributed by atoms with van der Waals surface area (Å²) in [6, 6.07) is 18.2. The van der Waals surface area contributed by atoms with Crippen molar-refractivity contribution in [3.05, 3.63) is 78.0 Å². The lowest BCUT2D eigenvalue weighted by atomic mass is 10.1. The molecule has 1 amide bonds. The first kappa shape index (κ1) is 27.6. The zero-order valence-electron chi connectivity index (χ0n) is 21.6. The highest BCUT2D eigenvalue weighted by Gasteiger charge is 2.15. The molecule has 0 bridgehead atoms. The highest BCUT2D eigenvalue weighted by molar-refractivity contribution is 6.08. The molecule has 3 aromatic rings. The topological polar surface area (TPSA) is 128 Å². The highest BCUT2D eigenvalue weighted by Crippen LogP contribution is 2.27. The van der Waals surface area contributed by atoms with Crippen LogP contribution in [0.2, 0.25) is 0 Å². The van der Waals surface area contributed by atoms with E-state index in [-0.39, 0.29) is 5.91 Å². The Kier molecular flexibility index (Phi) is 10.9. The molecule has 0 saturated carbocycles. The van der Waals surface area contributed by atoms with Crippen molar-refractivity contribution in [2.45, 2.75) is 25.7 Å². The molecule has 0 atom stereocenters. The van der Waals surface area contributed by atoms with Gasteiger partial charge in [-0.1, -0.05) is 18.9 Å². The first-order valence-corrected chi connectivity index (χ1v) is 12.5. The fourth-order valence-electron chi connectivity index (χ4n) is 3.61. The number of unbranched alkanes of at least 4 members (excludes halogenated alkanes) is 3. The van der Waals surface area contributed by atoms with Gasteiger partial charge in [0.05, 0.1) is 11.3 Å². The van der Waals surface area contributed by atoms with Crippen molar-refractivity contribution in [1.82, 2.24) is 15.2 Å². The minimum absolute atomic E-state index is 0.300. The normalized spacial score (nSPS) is 10.6. The number of amides is 1. The van der Waals surface area contributed by atoms with Crippen LogP contribution < -0.4 is 26.4 Å². The van der Waals surface area contributed by atoms with Crippen molar-refractivity contribution in [2.75, 3.05) is 44.5 Å². The lowest BCUT2D eigenvalue weighted by Crippen LogP contribution is -2.21. The zero-order chi connectivity index (χ0) is 26.5. The maximum absolute atomic E-state index is 13.2. The number of nitrogens with two attached hydrogens (primary N) is 1. The van der Waals surface area contributed by atoms with Crippen LogP contribution in [0.1, 0.15) is 41.6 Å². The van der Waals surface area contributed by atoms with Crippen molar-refractivity contribution >= 4 is 28.9 Å². The molecular formula is C28H37N7O2. The molecule has 196 valence electrons. The van der Waals surface area contributed by atoms with E-state index in [1.165, 1.54) is 0 Å². The van der Waals surface area contributed by atoms with Gasteiger partial charge in [-0.3, -0.25) is 15.5 Å². The molecule has 0 aliphatic rings. The second kappa shape index (κ2) is 14.6. The number of amidine groups is 1. The van der Waals surface area contributed by atoms with Gasteiger partial charge in [0.1, 0.15) is 24.1 Å². The van der Waals surface area contributed by atoms with Gasteiger partial charge >= 0.3 is 0 Å². The monoisotopic (exact) mass is 503 g/mol. The highest BCUT2D eigenvalue weighted by atomic mass is 16.5. The maximum atomic E-state index is 13.2. The van der Waals surface area contributed by atoms with Crippen LogP contribution in [0.15, 0.2) is 66.9 Å². The van der Waals surface area contributed by atoms with E-state index < -0.39 is 0 Å². The third-order valence-electron chi connectivity index (χ3n) is 5.68. The summed E-state index contributed by atoms with van der Waals surface area (Å²) in [4.78, 5) is 19.1. The van der Waals surface area contributed by atoms with E-state index in [2.05, 4.69) is 20.9 Å². The molecule has 0 radical (unpaired) electrons.